The highest BCUT2D eigenvalue weighted by molar-refractivity contribution is 7.99. The van der Waals surface area contributed by atoms with E-state index < -0.39 is 0 Å². The summed E-state index contributed by atoms with van der Waals surface area (Å²) in [7, 11) is 0. The Morgan fingerprint density at radius 3 is 2.00 bits per heavy atom. The predicted molar refractivity (Wildman–Crippen MR) is 196 cm³/mol. The third-order valence-electron chi connectivity index (χ3n) is 9.55. The zero-order valence-corrected chi connectivity index (χ0v) is 25.8. The van der Waals surface area contributed by atoms with Gasteiger partial charge in [-0.25, -0.2) is 0 Å². The van der Waals surface area contributed by atoms with Crippen molar-refractivity contribution in [3.05, 3.63) is 164 Å². The molecule has 0 fully saturated rings. The van der Waals surface area contributed by atoms with Crippen LogP contribution in [0.1, 0.15) is 0 Å². The predicted octanol–water partition coefficient (Wildman–Crippen LogP) is 12.6. The summed E-state index contributed by atoms with van der Waals surface area (Å²) >= 11 is 1.88. The van der Waals surface area contributed by atoms with Crippen LogP contribution >= 0.6 is 11.8 Å². The number of para-hydroxylation sites is 2. The van der Waals surface area contributed by atoms with Crippen molar-refractivity contribution in [1.82, 2.24) is 4.57 Å². The molecule has 1 aliphatic heterocycles. The van der Waals surface area contributed by atoms with Gasteiger partial charge in [0.05, 0.1) is 11.0 Å². The maximum absolute atomic E-state index is 2.39. The van der Waals surface area contributed by atoms with Crippen LogP contribution in [-0.4, -0.2) is 4.57 Å². The first-order valence-electron chi connectivity index (χ1n) is 15.8. The summed E-state index contributed by atoms with van der Waals surface area (Å²) in [4.78, 5) is 2.66. The highest BCUT2D eigenvalue weighted by Gasteiger charge is 2.20. The molecular formula is C44H27NS. The Morgan fingerprint density at radius 2 is 1.11 bits per heavy atom. The number of benzene rings is 8. The molecule has 1 nitrogen and oxygen atoms in total. The number of hydrogen-bond acceptors (Lipinski definition) is 1. The quantitative estimate of drug-likeness (QED) is 0.195. The lowest BCUT2D eigenvalue weighted by molar-refractivity contribution is 1.18. The second-order valence-electron chi connectivity index (χ2n) is 12.1. The fraction of sp³-hybridized carbons (Fsp3) is 0. The number of nitrogens with zero attached hydrogens (tertiary/aromatic N) is 1. The van der Waals surface area contributed by atoms with Gasteiger partial charge in [0.1, 0.15) is 0 Å². The molecule has 2 heteroatoms. The highest BCUT2D eigenvalue weighted by Crippen LogP contribution is 2.49. The van der Waals surface area contributed by atoms with Crippen LogP contribution in [-0.2, 0) is 0 Å². The van der Waals surface area contributed by atoms with Crippen molar-refractivity contribution in [3.63, 3.8) is 0 Å². The third-order valence-corrected chi connectivity index (χ3v) is 10.7. The van der Waals surface area contributed by atoms with E-state index in [4.69, 9.17) is 0 Å². The Kier molecular flexibility index (Phi) is 5.58. The van der Waals surface area contributed by atoms with E-state index in [1.807, 2.05) is 11.8 Å². The van der Waals surface area contributed by atoms with Crippen LogP contribution in [0.2, 0.25) is 0 Å². The summed E-state index contributed by atoms with van der Waals surface area (Å²) in [5.74, 6) is 0. The van der Waals surface area contributed by atoms with Crippen molar-refractivity contribution in [2.24, 2.45) is 0 Å². The lowest BCUT2D eigenvalue weighted by Crippen LogP contribution is -1.93. The smallest absolute Gasteiger partial charge is 0.0547 e. The summed E-state index contributed by atoms with van der Waals surface area (Å²) in [6, 6.07) is 60.2. The van der Waals surface area contributed by atoms with Crippen molar-refractivity contribution in [2.75, 3.05) is 0 Å². The SMILES string of the molecule is c1ccc(-n2c3ccccc3c3c4ccc(-c5cccc(-c6ccc7c(c6)-c6cccc8cccc(c68)S7)c5)cc4ccc32)cc1. The monoisotopic (exact) mass is 601 g/mol. The van der Waals surface area contributed by atoms with Gasteiger partial charge in [0.2, 0.25) is 0 Å². The van der Waals surface area contributed by atoms with E-state index in [2.05, 4.69) is 168 Å². The first-order valence-corrected chi connectivity index (χ1v) is 16.6. The van der Waals surface area contributed by atoms with Crippen LogP contribution in [0.25, 0.3) is 82.4 Å². The molecule has 0 unspecified atom stereocenters. The van der Waals surface area contributed by atoms with Crippen molar-refractivity contribution in [1.29, 1.82) is 0 Å². The van der Waals surface area contributed by atoms with Crippen LogP contribution < -0.4 is 0 Å². The van der Waals surface area contributed by atoms with Crippen LogP contribution in [0.3, 0.4) is 0 Å². The Hall–Kier alpha value is -5.57. The molecule has 0 bridgehead atoms. The van der Waals surface area contributed by atoms with Gasteiger partial charge >= 0.3 is 0 Å². The van der Waals surface area contributed by atoms with Crippen LogP contribution in [0.5, 0.6) is 0 Å². The lowest BCUT2D eigenvalue weighted by atomic mass is 9.93. The Labute approximate surface area is 271 Å². The standard InChI is InChI=1S/C44H27NS/c1-2-13-34(14-3-1)45-39-17-5-4-15-37(39)44-35-22-19-31(26-33(35)20-23-40(44)45)29-11-6-12-30(25-29)32-21-24-41-38(27-32)36-16-7-9-28-10-8-18-42(46-41)43(28)36/h1-27H. The molecule has 0 saturated heterocycles. The van der Waals surface area contributed by atoms with Gasteiger partial charge in [-0.15, -0.1) is 0 Å². The second-order valence-corrected chi connectivity index (χ2v) is 13.2. The van der Waals surface area contributed by atoms with Gasteiger partial charge in [-0.3, -0.25) is 0 Å². The molecule has 10 rings (SSSR count). The van der Waals surface area contributed by atoms with Gasteiger partial charge in [0.15, 0.2) is 0 Å². The summed E-state index contributed by atoms with van der Waals surface area (Å²) in [6.45, 7) is 0. The van der Waals surface area contributed by atoms with Crippen LogP contribution in [0.4, 0.5) is 0 Å². The maximum Gasteiger partial charge on any atom is 0.0547 e. The van der Waals surface area contributed by atoms with Gasteiger partial charge in [-0.2, -0.15) is 0 Å². The van der Waals surface area contributed by atoms with Gasteiger partial charge < -0.3 is 4.57 Å². The average Bonchev–Trinajstić information content (AvgIpc) is 3.47. The molecule has 0 N–H and O–H groups in total. The lowest BCUT2D eigenvalue weighted by Gasteiger charge is -2.21. The minimum absolute atomic E-state index is 1.18. The molecule has 0 atom stereocenters. The molecule has 1 aliphatic rings. The van der Waals surface area contributed by atoms with E-state index in [9.17, 15) is 0 Å². The van der Waals surface area contributed by atoms with E-state index in [1.54, 1.807) is 0 Å². The Bertz CT molecular complexity index is 2660. The second kappa shape index (κ2) is 9.97. The fourth-order valence-corrected chi connectivity index (χ4v) is 8.58. The molecule has 9 aromatic rings. The van der Waals surface area contributed by atoms with E-state index in [0.29, 0.717) is 0 Å². The topological polar surface area (TPSA) is 4.93 Å². The van der Waals surface area contributed by atoms with Gasteiger partial charge in [0, 0.05) is 31.6 Å². The largest absolute Gasteiger partial charge is 0.309 e. The molecule has 8 aromatic carbocycles. The molecule has 46 heavy (non-hydrogen) atoms. The first-order chi connectivity index (χ1) is 22.8. The van der Waals surface area contributed by atoms with Crippen LogP contribution in [0.15, 0.2) is 174 Å². The molecule has 0 spiro atoms. The minimum atomic E-state index is 1.18. The summed E-state index contributed by atoms with van der Waals surface area (Å²) < 4.78 is 2.39. The third kappa shape index (κ3) is 3.84. The van der Waals surface area contributed by atoms with Crippen molar-refractivity contribution >= 4 is 55.1 Å². The zero-order chi connectivity index (χ0) is 30.2. The van der Waals surface area contributed by atoms with E-state index in [1.165, 1.54) is 92.2 Å². The summed E-state index contributed by atoms with van der Waals surface area (Å²) in [5, 5.41) is 7.80. The molecule has 1 aromatic heterocycles. The molecule has 214 valence electrons. The normalized spacial score (nSPS) is 12.3. The van der Waals surface area contributed by atoms with Crippen LogP contribution in [0, 0.1) is 0 Å². The Morgan fingerprint density at radius 1 is 0.370 bits per heavy atom. The van der Waals surface area contributed by atoms with Gasteiger partial charge in [0.25, 0.3) is 0 Å². The minimum Gasteiger partial charge on any atom is -0.309 e. The van der Waals surface area contributed by atoms with E-state index in [0.717, 1.165) is 0 Å². The summed E-state index contributed by atoms with van der Waals surface area (Å²) in [6.07, 6.45) is 0. The van der Waals surface area contributed by atoms with Crippen molar-refractivity contribution in [2.45, 2.75) is 9.79 Å². The molecule has 0 saturated carbocycles. The fourth-order valence-electron chi connectivity index (χ4n) is 7.45. The molecule has 0 radical (unpaired) electrons. The van der Waals surface area contributed by atoms with E-state index in [-0.39, 0.29) is 0 Å². The zero-order valence-electron chi connectivity index (χ0n) is 24.9. The molecular weight excluding hydrogens is 575 g/mol. The molecule has 0 amide bonds. The number of aromatic nitrogens is 1. The van der Waals surface area contributed by atoms with Gasteiger partial charge in [-0.05, 0) is 104 Å². The Balaban J connectivity index is 1.09. The van der Waals surface area contributed by atoms with E-state index >= 15 is 0 Å². The van der Waals surface area contributed by atoms with Gasteiger partial charge in [-0.1, -0.05) is 121 Å². The molecule has 0 aliphatic carbocycles. The number of fused-ring (bicyclic) bond motifs is 7. The number of hydrogen-bond donors (Lipinski definition) is 0. The highest BCUT2D eigenvalue weighted by atomic mass is 32.2. The first kappa shape index (κ1) is 25.7. The number of rotatable bonds is 3. The average molecular weight is 602 g/mol. The van der Waals surface area contributed by atoms with Crippen molar-refractivity contribution in [3.8, 4) is 39.1 Å². The molecule has 2 heterocycles. The maximum atomic E-state index is 2.39. The summed E-state index contributed by atoms with van der Waals surface area (Å²) in [5.41, 5.74) is 11.2. The van der Waals surface area contributed by atoms with Crippen molar-refractivity contribution < 1.29 is 0 Å².